The fraction of sp³-hybridized carbons (Fsp3) is 0.571. The highest BCUT2D eigenvalue weighted by Gasteiger charge is 2.33. The third-order valence-electron chi connectivity index (χ3n) is 3.53. The first-order chi connectivity index (χ1) is 9.06. The van der Waals surface area contributed by atoms with Gasteiger partial charge in [-0.2, -0.15) is 0 Å². The lowest BCUT2D eigenvalue weighted by Crippen LogP contribution is -2.57. The molecule has 2 rings (SSSR count). The van der Waals surface area contributed by atoms with Crippen LogP contribution in [0.5, 0.6) is 0 Å². The molecule has 1 saturated heterocycles. The van der Waals surface area contributed by atoms with Crippen LogP contribution in [0.3, 0.4) is 0 Å². The second-order valence-corrected chi connectivity index (χ2v) is 5.11. The summed E-state index contributed by atoms with van der Waals surface area (Å²) < 4.78 is 1.95. The van der Waals surface area contributed by atoms with E-state index in [1.165, 1.54) is 0 Å². The molecule has 1 aliphatic heterocycles. The molecule has 2 amide bonds. The van der Waals surface area contributed by atoms with Crippen molar-refractivity contribution in [2.75, 3.05) is 13.1 Å². The normalized spacial score (nSPS) is 19.7. The molecule has 104 valence electrons. The Morgan fingerprint density at radius 2 is 2.26 bits per heavy atom. The second-order valence-electron chi connectivity index (χ2n) is 5.11. The number of hydrogen-bond donors (Lipinski definition) is 1. The molecule has 0 saturated carbocycles. The van der Waals surface area contributed by atoms with Crippen LogP contribution in [0.4, 0.5) is 0 Å². The molecular formula is C14H21N3O2. The maximum absolute atomic E-state index is 12.6. The average Bonchev–Trinajstić information content (AvgIpc) is 2.86. The predicted octanol–water partition coefficient (Wildman–Crippen LogP) is 1.42. The summed E-state index contributed by atoms with van der Waals surface area (Å²) in [5, 5.41) is 2.81. The molecule has 1 N–H and O–H groups in total. The van der Waals surface area contributed by atoms with Crippen LogP contribution in [0.25, 0.3) is 0 Å². The molecule has 1 fully saturated rings. The van der Waals surface area contributed by atoms with Gasteiger partial charge < -0.3 is 14.8 Å². The van der Waals surface area contributed by atoms with Gasteiger partial charge in [0.25, 0.3) is 5.91 Å². The largest absolute Gasteiger partial charge is 0.353 e. The van der Waals surface area contributed by atoms with Crippen molar-refractivity contribution in [1.29, 1.82) is 0 Å². The Morgan fingerprint density at radius 1 is 1.53 bits per heavy atom. The quantitative estimate of drug-likeness (QED) is 0.896. The van der Waals surface area contributed by atoms with E-state index in [0.717, 1.165) is 0 Å². The Balaban J connectivity index is 2.27. The fourth-order valence-electron chi connectivity index (χ4n) is 2.54. The average molecular weight is 263 g/mol. The SMILES string of the molecule is CCC1C(=O)NCCN1C(=O)c1cccn1C(C)C. The minimum atomic E-state index is -0.350. The van der Waals surface area contributed by atoms with Crippen LogP contribution in [-0.2, 0) is 4.79 Å². The molecule has 0 bridgehead atoms. The van der Waals surface area contributed by atoms with Gasteiger partial charge in [0, 0.05) is 25.3 Å². The molecule has 0 spiro atoms. The minimum Gasteiger partial charge on any atom is -0.353 e. The molecule has 1 aliphatic rings. The highest BCUT2D eigenvalue weighted by Crippen LogP contribution is 2.17. The van der Waals surface area contributed by atoms with Gasteiger partial charge in [0.05, 0.1) is 0 Å². The Hall–Kier alpha value is -1.78. The Morgan fingerprint density at radius 3 is 2.89 bits per heavy atom. The van der Waals surface area contributed by atoms with Gasteiger partial charge in [0.1, 0.15) is 11.7 Å². The van der Waals surface area contributed by atoms with Crippen molar-refractivity contribution in [1.82, 2.24) is 14.8 Å². The van der Waals surface area contributed by atoms with Crippen LogP contribution in [-0.4, -0.2) is 40.4 Å². The zero-order chi connectivity index (χ0) is 14.0. The summed E-state index contributed by atoms with van der Waals surface area (Å²) in [5.74, 6) is -0.106. The molecule has 5 heteroatoms. The van der Waals surface area contributed by atoms with Crippen molar-refractivity contribution < 1.29 is 9.59 Å². The highest BCUT2D eigenvalue weighted by atomic mass is 16.2. The van der Waals surface area contributed by atoms with E-state index in [1.54, 1.807) is 4.90 Å². The molecule has 1 atom stereocenters. The van der Waals surface area contributed by atoms with E-state index in [2.05, 4.69) is 5.32 Å². The number of rotatable bonds is 3. The van der Waals surface area contributed by atoms with Gasteiger partial charge in [-0.3, -0.25) is 9.59 Å². The zero-order valence-electron chi connectivity index (χ0n) is 11.7. The molecule has 2 heterocycles. The van der Waals surface area contributed by atoms with Gasteiger partial charge in [0.2, 0.25) is 5.91 Å². The monoisotopic (exact) mass is 263 g/mol. The number of piperazine rings is 1. The molecular weight excluding hydrogens is 242 g/mol. The van der Waals surface area contributed by atoms with Crippen molar-refractivity contribution in [3.63, 3.8) is 0 Å². The van der Waals surface area contributed by atoms with E-state index >= 15 is 0 Å². The number of amides is 2. The molecule has 1 aromatic rings. The van der Waals surface area contributed by atoms with Crippen LogP contribution in [0, 0.1) is 0 Å². The Kier molecular flexibility index (Phi) is 3.93. The predicted molar refractivity (Wildman–Crippen MR) is 72.9 cm³/mol. The standard InChI is InChI=1S/C14H21N3O2/c1-4-11-13(18)15-7-9-17(11)14(19)12-6-5-8-16(12)10(2)3/h5-6,8,10-11H,4,7,9H2,1-3H3,(H,15,18). The van der Waals surface area contributed by atoms with E-state index in [0.29, 0.717) is 25.2 Å². The van der Waals surface area contributed by atoms with Gasteiger partial charge in [-0.1, -0.05) is 6.92 Å². The molecule has 0 aliphatic carbocycles. The summed E-state index contributed by atoms with van der Waals surface area (Å²) in [6.45, 7) is 7.11. The maximum atomic E-state index is 12.6. The van der Waals surface area contributed by atoms with Gasteiger partial charge in [0.15, 0.2) is 0 Å². The first-order valence-electron chi connectivity index (χ1n) is 6.81. The summed E-state index contributed by atoms with van der Waals surface area (Å²) >= 11 is 0. The maximum Gasteiger partial charge on any atom is 0.271 e. The smallest absolute Gasteiger partial charge is 0.271 e. The van der Waals surface area contributed by atoms with E-state index in [4.69, 9.17) is 0 Å². The minimum absolute atomic E-state index is 0.0512. The number of nitrogens with one attached hydrogen (secondary N) is 1. The Labute approximate surface area is 113 Å². The topological polar surface area (TPSA) is 54.3 Å². The van der Waals surface area contributed by atoms with Crippen LogP contribution < -0.4 is 5.32 Å². The molecule has 1 aromatic heterocycles. The zero-order valence-corrected chi connectivity index (χ0v) is 11.7. The molecule has 19 heavy (non-hydrogen) atoms. The lowest BCUT2D eigenvalue weighted by atomic mass is 10.1. The third-order valence-corrected chi connectivity index (χ3v) is 3.53. The number of nitrogens with zero attached hydrogens (tertiary/aromatic N) is 2. The van der Waals surface area contributed by atoms with Gasteiger partial charge in [-0.05, 0) is 32.4 Å². The molecule has 0 aromatic carbocycles. The first-order valence-corrected chi connectivity index (χ1v) is 6.81. The van der Waals surface area contributed by atoms with E-state index in [-0.39, 0.29) is 23.9 Å². The van der Waals surface area contributed by atoms with Crippen molar-refractivity contribution in [2.45, 2.75) is 39.3 Å². The fourth-order valence-corrected chi connectivity index (χ4v) is 2.54. The van der Waals surface area contributed by atoms with Crippen LogP contribution in [0.15, 0.2) is 18.3 Å². The molecule has 0 radical (unpaired) electrons. The summed E-state index contributed by atoms with van der Waals surface area (Å²) in [5.41, 5.74) is 0.656. The third kappa shape index (κ3) is 2.50. The van der Waals surface area contributed by atoms with Gasteiger partial charge >= 0.3 is 0 Å². The summed E-state index contributed by atoms with van der Waals surface area (Å²) in [6, 6.07) is 3.57. The van der Waals surface area contributed by atoms with E-state index in [1.807, 2.05) is 43.7 Å². The van der Waals surface area contributed by atoms with Crippen LogP contribution in [0.2, 0.25) is 0 Å². The van der Waals surface area contributed by atoms with Crippen molar-refractivity contribution in [2.24, 2.45) is 0 Å². The number of carbonyl (C=O) groups excluding carboxylic acids is 2. The van der Waals surface area contributed by atoms with Crippen molar-refractivity contribution >= 4 is 11.8 Å². The first kappa shape index (κ1) is 13.6. The van der Waals surface area contributed by atoms with Gasteiger partial charge in [-0.15, -0.1) is 0 Å². The number of hydrogen-bond acceptors (Lipinski definition) is 2. The molecule has 5 nitrogen and oxygen atoms in total. The summed E-state index contributed by atoms with van der Waals surface area (Å²) in [7, 11) is 0. The van der Waals surface area contributed by atoms with E-state index in [9.17, 15) is 9.59 Å². The van der Waals surface area contributed by atoms with Crippen molar-refractivity contribution in [3.05, 3.63) is 24.0 Å². The highest BCUT2D eigenvalue weighted by molar-refractivity contribution is 5.97. The lowest BCUT2D eigenvalue weighted by Gasteiger charge is -2.34. The number of carbonyl (C=O) groups is 2. The van der Waals surface area contributed by atoms with E-state index < -0.39 is 0 Å². The molecule has 1 unspecified atom stereocenters. The number of aromatic nitrogens is 1. The van der Waals surface area contributed by atoms with Gasteiger partial charge in [-0.25, -0.2) is 0 Å². The van der Waals surface area contributed by atoms with Crippen molar-refractivity contribution in [3.8, 4) is 0 Å². The second kappa shape index (κ2) is 5.47. The Bertz CT molecular complexity index is 479. The van der Waals surface area contributed by atoms with Crippen LogP contribution >= 0.6 is 0 Å². The van der Waals surface area contributed by atoms with Crippen LogP contribution in [0.1, 0.15) is 43.7 Å². The summed E-state index contributed by atoms with van der Waals surface area (Å²) in [6.07, 6.45) is 2.54. The summed E-state index contributed by atoms with van der Waals surface area (Å²) in [4.78, 5) is 26.1. The lowest BCUT2D eigenvalue weighted by molar-refractivity contribution is -0.127.